The number of benzene rings is 1. The van der Waals surface area contributed by atoms with Crippen molar-refractivity contribution >= 4 is 11.9 Å². The smallest absolute Gasteiger partial charge is 0.175 e. The predicted molar refractivity (Wildman–Crippen MR) is 123 cm³/mol. The fourth-order valence-corrected chi connectivity index (χ4v) is 5.54. The molecule has 0 saturated heterocycles. The monoisotopic (exact) mass is 421 g/mol. The van der Waals surface area contributed by atoms with E-state index in [1.54, 1.807) is 0 Å². The molecule has 5 nitrogen and oxygen atoms in total. The van der Waals surface area contributed by atoms with Crippen LogP contribution in [-0.2, 0) is 6.42 Å². The molecule has 6 heteroatoms. The maximum Gasteiger partial charge on any atom is 0.175 e. The van der Waals surface area contributed by atoms with E-state index in [2.05, 4.69) is 39.8 Å². The third-order valence-corrected chi connectivity index (χ3v) is 7.08. The van der Waals surface area contributed by atoms with Gasteiger partial charge in [0, 0.05) is 31.3 Å². The van der Waals surface area contributed by atoms with E-state index in [1.165, 1.54) is 44.2 Å². The average molecular weight is 422 g/mol. The van der Waals surface area contributed by atoms with Gasteiger partial charge >= 0.3 is 0 Å². The number of hydrogen-bond acceptors (Lipinski definition) is 4. The van der Waals surface area contributed by atoms with Gasteiger partial charge in [-0.1, -0.05) is 32.6 Å². The van der Waals surface area contributed by atoms with Gasteiger partial charge in [0.25, 0.3) is 0 Å². The Hall–Kier alpha value is -2.47. The summed E-state index contributed by atoms with van der Waals surface area (Å²) < 4.78 is 16.1. The van der Waals surface area contributed by atoms with Crippen LogP contribution in [0.1, 0.15) is 63.0 Å². The number of aliphatic imine (C=N–C) groups is 1. The quantitative estimate of drug-likeness (QED) is 0.713. The zero-order valence-corrected chi connectivity index (χ0v) is 18.5. The SMILES string of the molecule is CCNC1N=CC=C(c2c(-c3ccc(F)cc3)nc3n2C(CC2CCCC2)CC3)N1C. The molecule has 2 atom stereocenters. The van der Waals surface area contributed by atoms with E-state index in [1.807, 2.05) is 18.3 Å². The van der Waals surface area contributed by atoms with Crippen LogP contribution < -0.4 is 5.32 Å². The predicted octanol–water partition coefficient (Wildman–Crippen LogP) is 5.01. The minimum Gasteiger partial charge on any atom is -0.339 e. The number of hydrogen-bond donors (Lipinski definition) is 1. The molecule has 5 rings (SSSR count). The third-order valence-electron chi connectivity index (χ3n) is 7.08. The van der Waals surface area contributed by atoms with Crippen molar-refractivity contribution in [3.8, 4) is 11.3 Å². The maximum atomic E-state index is 13.6. The van der Waals surface area contributed by atoms with Gasteiger partial charge < -0.3 is 9.47 Å². The number of allylic oxidation sites excluding steroid dienone is 1. The number of fused-ring (bicyclic) bond motifs is 1. The molecule has 1 aromatic carbocycles. The second-order valence-electron chi connectivity index (χ2n) is 9.07. The lowest BCUT2D eigenvalue weighted by molar-refractivity contribution is 0.299. The van der Waals surface area contributed by atoms with E-state index in [4.69, 9.17) is 4.98 Å². The van der Waals surface area contributed by atoms with Gasteiger partial charge in [-0.3, -0.25) is 10.3 Å². The molecular weight excluding hydrogens is 389 g/mol. The van der Waals surface area contributed by atoms with Crippen LogP contribution in [0.3, 0.4) is 0 Å². The summed E-state index contributed by atoms with van der Waals surface area (Å²) in [6.07, 6.45) is 12.8. The minimum absolute atomic E-state index is 0.0908. The second kappa shape index (κ2) is 8.58. The Morgan fingerprint density at radius 1 is 1.13 bits per heavy atom. The summed E-state index contributed by atoms with van der Waals surface area (Å²) in [5.74, 6) is 1.77. The molecule has 1 aliphatic carbocycles. The van der Waals surface area contributed by atoms with Crippen molar-refractivity contribution in [2.45, 2.75) is 64.2 Å². The Bertz CT molecular complexity index is 984. The Morgan fingerprint density at radius 3 is 2.65 bits per heavy atom. The van der Waals surface area contributed by atoms with Crippen LogP contribution in [0.5, 0.6) is 0 Å². The minimum atomic E-state index is -0.218. The van der Waals surface area contributed by atoms with Gasteiger partial charge in [-0.2, -0.15) is 0 Å². The second-order valence-corrected chi connectivity index (χ2v) is 9.07. The number of nitrogens with one attached hydrogen (secondary N) is 1. The number of nitrogens with zero attached hydrogens (tertiary/aromatic N) is 4. The first kappa shape index (κ1) is 20.4. The molecule has 1 aromatic heterocycles. The molecule has 0 amide bonds. The van der Waals surface area contributed by atoms with Gasteiger partial charge in [-0.15, -0.1) is 0 Å². The molecule has 1 saturated carbocycles. The summed E-state index contributed by atoms with van der Waals surface area (Å²) in [6.45, 7) is 2.94. The first-order valence-electron chi connectivity index (χ1n) is 11.7. The van der Waals surface area contributed by atoms with Gasteiger partial charge in [0.15, 0.2) is 6.29 Å². The molecule has 0 spiro atoms. The summed E-state index contributed by atoms with van der Waals surface area (Å²) in [4.78, 5) is 11.9. The summed E-state index contributed by atoms with van der Waals surface area (Å²) in [7, 11) is 2.09. The van der Waals surface area contributed by atoms with Gasteiger partial charge in [0.1, 0.15) is 11.6 Å². The topological polar surface area (TPSA) is 45.5 Å². The summed E-state index contributed by atoms with van der Waals surface area (Å²) >= 11 is 0. The van der Waals surface area contributed by atoms with Gasteiger partial charge in [-0.05, 0) is 55.6 Å². The highest BCUT2D eigenvalue weighted by Gasteiger charge is 2.34. The van der Waals surface area contributed by atoms with Crippen molar-refractivity contribution in [1.29, 1.82) is 0 Å². The lowest BCUT2D eigenvalue weighted by atomic mass is 9.96. The van der Waals surface area contributed by atoms with Crippen LogP contribution in [0.2, 0.25) is 0 Å². The van der Waals surface area contributed by atoms with Crippen LogP contribution >= 0.6 is 0 Å². The third kappa shape index (κ3) is 3.82. The van der Waals surface area contributed by atoms with Crippen LogP contribution in [0.25, 0.3) is 17.0 Å². The van der Waals surface area contributed by atoms with Crippen LogP contribution in [0.15, 0.2) is 35.3 Å². The molecule has 2 unspecified atom stereocenters. The summed E-state index contributed by atoms with van der Waals surface area (Å²) in [6, 6.07) is 7.24. The Labute approximate surface area is 184 Å². The van der Waals surface area contributed by atoms with E-state index in [0.29, 0.717) is 6.04 Å². The Kier molecular flexibility index (Phi) is 5.65. The highest BCUT2D eigenvalue weighted by molar-refractivity contribution is 5.88. The van der Waals surface area contributed by atoms with Gasteiger partial charge in [-0.25, -0.2) is 9.37 Å². The molecule has 1 N–H and O–H groups in total. The van der Waals surface area contributed by atoms with E-state index < -0.39 is 0 Å². The normalized spacial score (nSPS) is 23.5. The number of halogens is 1. The van der Waals surface area contributed by atoms with Crippen molar-refractivity contribution in [1.82, 2.24) is 19.8 Å². The molecule has 2 aliphatic heterocycles. The molecule has 2 aromatic rings. The van der Waals surface area contributed by atoms with Gasteiger partial charge in [0.2, 0.25) is 0 Å². The molecular formula is C25H32FN5. The van der Waals surface area contributed by atoms with E-state index in [9.17, 15) is 4.39 Å². The first-order valence-corrected chi connectivity index (χ1v) is 11.7. The first-order chi connectivity index (χ1) is 15.2. The van der Waals surface area contributed by atoms with Crippen molar-refractivity contribution in [2.75, 3.05) is 13.6 Å². The van der Waals surface area contributed by atoms with E-state index in [-0.39, 0.29) is 12.1 Å². The summed E-state index contributed by atoms with van der Waals surface area (Å²) in [5.41, 5.74) is 4.19. The number of rotatable bonds is 6. The number of aromatic nitrogens is 2. The zero-order chi connectivity index (χ0) is 21.4. The highest BCUT2D eigenvalue weighted by Crippen LogP contribution is 2.43. The Balaban J connectivity index is 1.59. The van der Waals surface area contributed by atoms with Crippen molar-refractivity contribution in [2.24, 2.45) is 10.9 Å². The fourth-order valence-electron chi connectivity index (χ4n) is 5.54. The molecule has 0 bridgehead atoms. The van der Waals surface area contributed by atoms with Crippen molar-refractivity contribution in [3.05, 3.63) is 47.7 Å². The lowest BCUT2D eigenvalue weighted by Crippen LogP contribution is -2.43. The van der Waals surface area contributed by atoms with Crippen LogP contribution in [0, 0.1) is 11.7 Å². The lowest BCUT2D eigenvalue weighted by Gasteiger charge is -2.33. The van der Waals surface area contributed by atoms with Crippen molar-refractivity contribution < 1.29 is 4.39 Å². The molecule has 3 heterocycles. The summed E-state index contributed by atoms with van der Waals surface area (Å²) in [5, 5.41) is 3.44. The zero-order valence-electron chi connectivity index (χ0n) is 18.5. The fraction of sp³-hybridized carbons (Fsp3) is 0.520. The average Bonchev–Trinajstić information content (AvgIpc) is 3.49. The van der Waals surface area contributed by atoms with E-state index >= 15 is 0 Å². The molecule has 1 fully saturated rings. The van der Waals surface area contributed by atoms with Gasteiger partial charge in [0.05, 0.1) is 17.1 Å². The van der Waals surface area contributed by atoms with E-state index in [0.717, 1.165) is 53.8 Å². The van der Waals surface area contributed by atoms with Crippen molar-refractivity contribution in [3.63, 3.8) is 0 Å². The largest absolute Gasteiger partial charge is 0.339 e. The number of aryl methyl sites for hydroxylation is 1. The molecule has 31 heavy (non-hydrogen) atoms. The van der Waals surface area contributed by atoms with Crippen LogP contribution in [-0.4, -0.2) is 40.5 Å². The highest BCUT2D eigenvalue weighted by atomic mass is 19.1. The molecule has 0 radical (unpaired) electrons. The maximum absolute atomic E-state index is 13.6. The van der Waals surface area contributed by atoms with Crippen LogP contribution in [0.4, 0.5) is 4.39 Å². The molecule has 164 valence electrons. The standard InChI is InChI=1S/C25H32FN5/c1-3-27-25-28-15-14-21(30(25)2)24-23(18-8-10-19(26)11-9-18)29-22-13-12-20(31(22)24)16-17-6-4-5-7-17/h8-11,14-15,17,20,25,27H,3-7,12-13,16H2,1-2H3. The molecule has 3 aliphatic rings. The number of imidazole rings is 1. The Morgan fingerprint density at radius 2 is 1.90 bits per heavy atom.